The molecule has 0 radical (unpaired) electrons. The summed E-state index contributed by atoms with van der Waals surface area (Å²) in [5.41, 5.74) is 0.947. The van der Waals surface area contributed by atoms with Crippen LogP contribution in [0.2, 0.25) is 0 Å². The first kappa shape index (κ1) is 10.0. The summed E-state index contributed by atoms with van der Waals surface area (Å²) in [6, 6.07) is 4.76. The highest BCUT2D eigenvalue weighted by molar-refractivity contribution is 7.22. The fraction of sp³-hybridized carbons (Fsp3) is 0.417. The van der Waals surface area contributed by atoms with Gasteiger partial charge in [-0.05, 0) is 38.3 Å². The van der Waals surface area contributed by atoms with Crippen molar-refractivity contribution in [3.8, 4) is 0 Å². The fourth-order valence-electron chi connectivity index (χ4n) is 2.04. The Labute approximate surface area is 97.5 Å². The Balaban J connectivity index is 1.93. The molecule has 4 heteroatoms. The van der Waals surface area contributed by atoms with Crippen molar-refractivity contribution in [2.24, 2.45) is 0 Å². The number of aromatic nitrogens is 1. The quantitative estimate of drug-likeness (QED) is 0.858. The molecule has 1 saturated carbocycles. The molecule has 0 unspecified atom stereocenters. The van der Waals surface area contributed by atoms with E-state index in [9.17, 15) is 4.39 Å². The first-order valence-corrected chi connectivity index (χ1v) is 6.31. The van der Waals surface area contributed by atoms with E-state index in [2.05, 4.69) is 17.2 Å². The molecule has 0 amide bonds. The van der Waals surface area contributed by atoms with E-state index >= 15 is 0 Å². The Morgan fingerprint density at radius 1 is 1.44 bits per heavy atom. The number of benzene rings is 1. The number of nitrogens with zero attached hydrogens (tertiary/aromatic N) is 1. The van der Waals surface area contributed by atoms with E-state index < -0.39 is 0 Å². The van der Waals surface area contributed by atoms with Gasteiger partial charge in [-0.15, -0.1) is 0 Å². The van der Waals surface area contributed by atoms with Crippen molar-refractivity contribution < 1.29 is 4.39 Å². The Morgan fingerprint density at radius 2 is 2.25 bits per heavy atom. The van der Waals surface area contributed by atoms with Crippen molar-refractivity contribution in [3.63, 3.8) is 0 Å². The van der Waals surface area contributed by atoms with Gasteiger partial charge >= 0.3 is 0 Å². The average molecular weight is 236 g/mol. The maximum absolute atomic E-state index is 13.0. The molecule has 0 aliphatic heterocycles. The van der Waals surface area contributed by atoms with Gasteiger partial charge in [0.05, 0.1) is 10.2 Å². The minimum absolute atomic E-state index is 0.201. The standard InChI is InChI=1S/C12H13FN2S/c1-12(5-2-6-12)15-11-14-9-7-8(13)3-4-10(9)16-11/h3-4,7H,2,5-6H2,1H3,(H,14,15). The molecule has 0 saturated heterocycles. The van der Waals surface area contributed by atoms with Crippen molar-refractivity contribution in [3.05, 3.63) is 24.0 Å². The van der Waals surface area contributed by atoms with E-state index in [4.69, 9.17) is 0 Å². The van der Waals surface area contributed by atoms with Crippen LogP contribution in [0.1, 0.15) is 26.2 Å². The van der Waals surface area contributed by atoms with Gasteiger partial charge in [-0.3, -0.25) is 0 Å². The molecule has 0 atom stereocenters. The molecule has 1 aliphatic carbocycles. The van der Waals surface area contributed by atoms with E-state index in [0.29, 0.717) is 0 Å². The van der Waals surface area contributed by atoms with Crippen molar-refractivity contribution in [1.29, 1.82) is 0 Å². The average Bonchev–Trinajstić information content (AvgIpc) is 2.56. The molecular formula is C12H13FN2S. The number of thiazole rings is 1. The molecule has 1 N–H and O–H groups in total. The summed E-state index contributed by atoms with van der Waals surface area (Å²) in [7, 11) is 0. The summed E-state index contributed by atoms with van der Waals surface area (Å²) in [5.74, 6) is -0.223. The smallest absolute Gasteiger partial charge is 0.184 e. The third kappa shape index (κ3) is 1.67. The van der Waals surface area contributed by atoms with Crippen LogP contribution in [0.4, 0.5) is 9.52 Å². The summed E-state index contributed by atoms with van der Waals surface area (Å²) < 4.78 is 14.0. The zero-order valence-corrected chi connectivity index (χ0v) is 9.90. The number of halogens is 1. The molecule has 16 heavy (non-hydrogen) atoms. The molecule has 1 aromatic heterocycles. The lowest BCUT2D eigenvalue weighted by Crippen LogP contribution is -2.41. The first-order valence-electron chi connectivity index (χ1n) is 5.49. The molecule has 1 aromatic carbocycles. The third-order valence-electron chi connectivity index (χ3n) is 3.22. The highest BCUT2D eigenvalue weighted by Gasteiger charge is 2.32. The van der Waals surface area contributed by atoms with Gasteiger partial charge < -0.3 is 5.32 Å². The van der Waals surface area contributed by atoms with E-state index in [1.165, 1.54) is 31.4 Å². The van der Waals surface area contributed by atoms with Crippen molar-refractivity contribution in [2.75, 3.05) is 5.32 Å². The van der Waals surface area contributed by atoms with Crippen molar-refractivity contribution in [1.82, 2.24) is 4.98 Å². The van der Waals surface area contributed by atoms with Crippen LogP contribution in [-0.4, -0.2) is 10.5 Å². The number of anilines is 1. The molecule has 84 valence electrons. The molecule has 2 nitrogen and oxygen atoms in total. The Morgan fingerprint density at radius 3 is 2.94 bits per heavy atom. The summed E-state index contributed by atoms with van der Waals surface area (Å²) in [5, 5.41) is 4.35. The molecule has 0 bridgehead atoms. The zero-order valence-electron chi connectivity index (χ0n) is 9.09. The minimum atomic E-state index is -0.223. The van der Waals surface area contributed by atoms with Crippen LogP contribution in [0.15, 0.2) is 18.2 Å². The van der Waals surface area contributed by atoms with Gasteiger partial charge in [-0.2, -0.15) is 0 Å². The number of nitrogens with one attached hydrogen (secondary N) is 1. The van der Waals surface area contributed by atoms with Crippen LogP contribution >= 0.6 is 11.3 Å². The highest BCUT2D eigenvalue weighted by atomic mass is 32.1. The van der Waals surface area contributed by atoms with Crippen LogP contribution in [0.5, 0.6) is 0 Å². The van der Waals surface area contributed by atoms with E-state index in [0.717, 1.165) is 15.3 Å². The largest absolute Gasteiger partial charge is 0.356 e. The van der Waals surface area contributed by atoms with Crippen molar-refractivity contribution >= 4 is 26.7 Å². The lowest BCUT2D eigenvalue weighted by atomic mass is 9.79. The molecule has 1 heterocycles. The lowest BCUT2D eigenvalue weighted by molar-refractivity contribution is 0.306. The maximum atomic E-state index is 13.0. The number of rotatable bonds is 2. The monoisotopic (exact) mass is 236 g/mol. The van der Waals surface area contributed by atoms with Gasteiger partial charge in [0.2, 0.25) is 0 Å². The van der Waals surface area contributed by atoms with Crippen LogP contribution in [0, 0.1) is 5.82 Å². The topological polar surface area (TPSA) is 24.9 Å². The Bertz CT molecular complexity index is 531. The van der Waals surface area contributed by atoms with Crippen LogP contribution in [0.25, 0.3) is 10.2 Å². The van der Waals surface area contributed by atoms with E-state index in [1.807, 2.05) is 0 Å². The molecular weight excluding hydrogens is 223 g/mol. The lowest BCUT2D eigenvalue weighted by Gasteiger charge is -2.39. The van der Waals surface area contributed by atoms with E-state index in [-0.39, 0.29) is 11.4 Å². The molecule has 1 aliphatic rings. The number of fused-ring (bicyclic) bond motifs is 1. The Hall–Kier alpha value is -1.16. The SMILES string of the molecule is CC1(Nc2nc3cc(F)ccc3s2)CCC1. The Kier molecular flexibility index (Phi) is 2.14. The number of hydrogen-bond donors (Lipinski definition) is 1. The van der Waals surface area contributed by atoms with Gasteiger partial charge in [-0.25, -0.2) is 9.37 Å². The third-order valence-corrected chi connectivity index (χ3v) is 4.17. The van der Waals surface area contributed by atoms with Gasteiger partial charge in [0, 0.05) is 11.6 Å². The molecule has 2 aromatic rings. The fourth-order valence-corrected chi connectivity index (χ4v) is 3.04. The zero-order chi connectivity index (χ0) is 11.2. The van der Waals surface area contributed by atoms with Crippen LogP contribution in [-0.2, 0) is 0 Å². The maximum Gasteiger partial charge on any atom is 0.184 e. The summed E-state index contributed by atoms with van der Waals surface area (Å²) >= 11 is 1.59. The normalized spacial score (nSPS) is 18.4. The van der Waals surface area contributed by atoms with Gasteiger partial charge in [0.15, 0.2) is 5.13 Å². The predicted molar refractivity (Wildman–Crippen MR) is 65.5 cm³/mol. The molecule has 3 rings (SSSR count). The van der Waals surface area contributed by atoms with E-state index in [1.54, 1.807) is 17.4 Å². The number of hydrogen-bond acceptors (Lipinski definition) is 3. The molecule has 1 fully saturated rings. The van der Waals surface area contributed by atoms with Gasteiger partial charge in [0.25, 0.3) is 0 Å². The van der Waals surface area contributed by atoms with Crippen LogP contribution < -0.4 is 5.32 Å². The van der Waals surface area contributed by atoms with Crippen LogP contribution in [0.3, 0.4) is 0 Å². The van der Waals surface area contributed by atoms with Crippen molar-refractivity contribution in [2.45, 2.75) is 31.7 Å². The predicted octanol–water partition coefficient (Wildman–Crippen LogP) is 3.79. The minimum Gasteiger partial charge on any atom is -0.356 e. The summed E-state index contributed by atoms with van der Waals surface area (Å²) in [4.78, 5) is 4.41. The second-order valence-electron chi connectivity index (χ2n) is 4.67. The van der Waals surface area contributed by atoms with Gasteiger partial charge in [0.1, 0.15) is 5.82 Å². The molecule has 0 spiro atoms. The highest BCUT2D eigenvalue weighted by Crippen LogP contribution is 2.37. The first-order chi connectivity index (χ1) is 7.65. The summed E-state index contributed by atoms with van der Waals surface area (Å²) in [6.45, 7) is 2.21. The summed E-state index contributed by atoms with van der Waals surface area (Å²) in [6.07, 6.45) is 3.66. The van der Waals surface area contributed by atoms with Gasteiger partial charge in [-0.1, -0.05) is 11.3 Å². The second kappa shape index (κ2) is 3.42. The second-order valence-corrected chi connectivity index (χ2v) is 5.70.